The minimum atomic E-state index is -4.43. The minimum absolute atomic E-state index is 0.0173. The highest BCUT2D eigenvalue weighted by Crippen LogP contribution is 2.42. The summed E-state index contributed by atoms with van der Waals surface area (Å²) in [4.78, 5) is 11.5. The summed E-state index contributed by atoms with van der Waals surface area (Å²) in [5.41, 5.74) is -4.39. The molecule has 94 valence electrons. The van der Waals surface area contributed by atoms with Crippen LogP contribution in [0.1, 0.15) is 16.8 Å². The molecule has 17 heavy (non-hydrogen) atoms. The quantitative estimate of drug-likeness (QED) is 0.439. The standard InChI is InChI=1S/C10H7BrClF3OS/c11-7-3-1-2-6(8(16)4-5-12)9(7)17-10(13,14)15/h1-3H,4-5H2. The van der Waals surface area contributed by atoms with Gasteiger partial charge in [0.1, 0.15) is 0 Å². The Bertz CT molecular complexity index is 423. The highest BCUT2D eigenvalue weighted by molar-refractivity contribution is 9.10. The van der Waals surface area contributed by atoms with Crippen molar-refractivity contribution in [2.45, 2.75) is 16.8 Å². The van der Waals surface area contributed by atoms with Crippen molar-refractivity contribution >= 4 is 45.1 Å². The van der Waals surface area contributed by atoms with Gasteiger partial charge < -0.3 is 0 Å². The summed E-state index contributed by atoms with van der Waals surface area (Å²) < 4.78 is 37.3. The van der Waals surface area contributed by atoms with E-state index in [1.54, 1.807) is 0 Å². The van der Waals surface area contributed by atoms with E-state index < -0.39 is 11.3 Å². The Kier molecular flexibility index (Phi) is 5.34. The zero-order valence-electron chi connectivity index (χ0n) is 8.35. The van der Waals surface area contributed by atoms with Gasteiger partial charge in [0.05, 0.1) is 0 Å². The maximum Gasteiger partial charge on any atom is 0.446 e. The van der Waals surface area contributed by atoms with Gasteiger partial charge >= 0.3 is 5.51 Å². The van der Waals surface area contributed by atoms with Gasteiger partial charge in [0.25, 0.3) is 0 Å². The number of halogens is 5. The van der Waals surface area contributed by atoms with E-state index in [-0.39, 0.29) is 39.0 Å². The average molecular weight is 348 g/mol. The molecule has 0 heterocycles. The average Bonchev–Trinajstić information content (AvgIpc) is 2.19. The van der Waals surface area contributed by atoms with Gasteiger partial charge in [0.2, 0.25) is 0 Å². The molecule has 1 nitrogen and oxygen atoms in total. The Hall–Kier alpha value is -0.200. The Morgan fingerprint density at radius 2 is 2.06 bits per heavy atom. The van der Waals surface area contributed by atoms with Gasteiger partial charge in [-0.25, -0.2) is 0 Å². The summed E-state index contributed by atoms with van der Waals surface area (Å²) >= 11 is 8.12. The van der Waals surface area contributed by atoms with Crippen LogP contribution < -0.4 is 0 Å². The van der Waals surface area contributed by atoms with Crippen LogP contribution in [0.5, 0.6) is 0 Å². The molecule has 0 atom stereocenters. The molecule has 0 amide bonds. The fourth-order valence-electron chi connectivity index (χ4n) is 1.17. The van der Waals surface area contributed by atoms with Gasteiger partial charge in [-0.05, 0) is 33.8 Å². The molecule has 0 radical (unpaired) electrons. The van der Waals surface area contributed by atoms with Crippen molar-refractivity contribution in [2.24, 2.45) is 0 Å². The molecule has 7 heteroatoms. The molecule has 0 fully saturated rings. The lowest BCUT2D eigenvalue weighted by molar-refractivity contribution is -0.0328. The molecular formula is C10H7BrClF3OS. The summed E-state index contributed by atoms with van der Waals surface area (Å²) in [6.45, 7) is 0. The SMILES string of the molecule is O=C(CCCl)c1cccc(Br)c1SC(F)(F)F. The van der Waals surface area contributed by atoms with Gasteiger partial charge in [0.15, 0.2) is 5.78 Å². The van der Waals surface area contributed by atoms with E-state index in [0.29, 0.717) is 0 Å². The van der Waals surface area contributed by atoms with Crippen LogP contribution in [0.3, 0.4) is 0 Å². The van der Waals surface area contributed by atoms with E-state index in [9.17, 15) is 18.0 Å². The van der Waals surface area contributed by atoms with Crippen molar-refractivity contribution in [3.05, 3.63) is 28.2 Å². The Morgan fingerprint density at radius 3 is 2.59 bits per heavy atom. The summed E-state index contributed by atoms with van der Waals surface area (Å²) in [5, 5.41) is 0. The van der Waals surface area contributed by atoms with E-state index in [2.05, 4.69) is 15.9 Å². The second-order valence-corrected chi connectivity index (χ2v) is 5.33. The molecule has 0 N–H and O–H groups in total. The van der Waals surface area contributed by atoms with Crippen LogP contribution in [-0.2, 0) is 0 Å². The van der Waals surface area contributed by atoms with Gasteiger partial charge in [-0.2, -0.15) is 13.2 Å². The maximum absolute atomic E-state index is 12.4. The molecule has 0 saturated heterocycles. The van der Waals surface area contributed by atoms with Gasteiger partial charge in [-0.3, -0.25) is 4.79 Å². The molecule has 0 bridgehead atoms. The summed E-state index contributed by atoms with van der Waals surface area (Å²) in [5.74, 6) is -0.311. The lowest BCUT2D eigenvalue weighted by Gasteiger charge is -2.11. The number of alkyl halides is 4. The second kappa shape index (κ2) is 6.11. The van der Waals surface area contributed by atoms with Crippen molar-refractivity contribution in [1.82, 2.24) is 0 Å². The highest BCUT2D eigenvalue weighted by atomic mass is 79.9. The number of hydrogen-bond donors (Lipinski definition) is 0. The summed E-state index contributed by atoms with van der Waals surface area (Å²) in [7, 11) is 0. The molecule has 0 unspecified atom stereocenters. The maximum atomic E-state index is 12.4. The molecule has 1 aromatic rings. The van der Waals surface area contributed by atoms with Crippen LogP contribution in [0.2, 0.25) is 0 Å². The van der Waals surface area contributed by atoms with Crippen LogP contribution in [-0.4, -0.2) is 17.2 Å². The lowest BCUT2D eigenvalue weighted by Crippen LogP contribution is -2.06. The van der Waals surface area contributed by atoms with Crippen LogP contribution in [0, 0.1) is 0 Å². The molecule has 1 aromatic carbocycles. The van der Waals surface area contributed by atoms with Crippen molar-refractivity contribution in [3.63, 3.8) is 0 Å². The van der Waals surface area contributed by atoms with E-state index in [1.165, 1.54) is 18.2 Å². The molecule has 1 rings (SSSR count). The van der Waals surface area contributed by atoms with Gasteiger partial charge in [0, 0.05) is 27.2 Å². The van der Waals surface area contributed by atoms with Crippen LogP contribution >= 0.6 is 39.3 Å². The van der Waals surface area contributed by atoms with Crippen molar-refractivity contribution in [3.8, 4) is 0 Å². The number of ketones is 1. The number of Topliss-reactive ketones (excluding diaryl/α,β-unsaturated/α-hetero) is 1. The third-order valence-electron chi connectivity index (χ3n) is 1.81. The van der Waals surface area contributed by atoms with Crippen LogP contribution in [0.4, 0.5) is 13.2 Å². The zero-order chi connectivity index (χ0) is 13.1. The first-order valence-corrected chi connectivity index (χ1v) is 6.63. The number of rotatable bonds is 4. The molecule has 0 aliphatic rings. The van der Waals surface area contributed by atoms with E-state index in [4.69, 9.17) is 11.6 Å². The van der Waals surface area contributed by atoms with Gasteiger partial charge in [-0.15, -0.1) is 11.6 Å². The molecule has 0 aromatic heterocycles. The molecule has 0 aliphatic heterocycles. The van der Waals surface area contributed by atoms with E-state index in [0.717, 1.165) is 0 Å². The normalized spacial score (nSPS) is 11.6. The van der Waals surface area contributed by atoms with E-state index in [1.807, 2.05) is 0 Å². The summed E-state index contributed by atoms with van der Waals surface area (Å²) in [6.07, 6.45) is 0.0173. The zero-order valence-corrected chi connectivity index (χ0v) is 11.5. The van der Waals surface area contributed by atoms with Crippen LogP contribution in [0.15, 0.2) is 27.6 Å². The second-order valence-electron chi connectivity index (χ2n) is 3.03. The predicted octanol–water partition coefficient (Wildman–Crippen LogP) is 4.87. The number of benzene rings is 1. The van der Waals surface area contributed by atoms with Gasteiger partial charge in [-0.1, -0.05) is 12.1 Å². The number of hydrogen-bond acceptors (Lipinski definition) is 2. The molecule has 0 aliphatic carbocycles. The van der Waals surface area contributed by atoms with Crippen molar-refractivity contribution in [2.75, 3.05) is 5.88 Å². The minimum Gasteiger partial charge on any atom is -0.294 e. The number of carbonyl (C=O) groups is 1. The fraction of sp³-hybridized carbons (Fsp3) is 0.300. The highest BCUT2D eigenvalue weighted by Gasteiger charge is 2.32. The first-order valence-electron chi connectivity index (χ1n) is 4.48. The molecule has 0 spiro atoms. The van der Waals surface area contributed by atoms with E-state index >= 15 is 0 Å². The Labute approximate surface area is 114 Å². The first-order chi connectivity index (χ1) is 7.85. The monoisotopic (exact) mass is 346 g/mol. The predicted molar refractivity (Wildman–Crippen MR) is 65.7 cm³/mol. The van der Waals surface area contributed by atoms with Crippen LogP contribution in [0.25, 0.3) is 0 Å². The smallest absolute Gasteiger partial charge is 0.294 e. The first kappa shape index (κ1) is 14.9. The fourth-order valence-corrected chi connectivity index (χ4v) is 2.64. The Morgan fingerprint density at radius 1 is 1.41 bits per heavy atom. The molecule has 0 saturated carbocycles. The van der Waals surface area contributed by atoms with Crippen molar-refractivity contribution in [1.29, 1.82) is 0 Å². The Balaban J connectivity index is 3.13. The largest absolute Gasteiger partial charge is 0.446 e. The molecular weight excluding hydrogens is 341 g/mol. The van der Waals surface area contributed by atoms with Crippen molar-refractivity contribution < 1.29 is 18.0 Å². The number of carbonyl (C=O) groups excluding carboxylic acids is 1. The number of thioether (sulfide) groups is 1. The summed E-state index contributed by atoms with van der Waals surface area (Å²) in [6, 6.07) is 4.35. The topological polar surface area (TPSA) is 17.1 Å². The third kappa shape index (κ3) is 4.52. The lowest BCUT2D eigenvalue weighted by atomic mass is 10.1. The third-order valence-corrected chi connectivity index (χ3v) is 3.79.